The number of rotatable bonds is 3. The fourth-order valence-electron chi connectivity index (χ4n) is 1.84. The average Bonchev–Trinajstić information content (AvgIpc) is 2.50. The first-order chi connectivity index (χ1) is 7.65. The zero-order valence-corrected chi connectivity index (χ0v) is 9.40. The molecule has 16 heavy (non-hydrogen) atoms. The Kier molecular flexibility index (Phi) is 2.70. The van der Waals surface area contributed by atoms with Gasteiger partial charge in [-0.25, -0.2) is 4.79 Å². The molecular weight excluding hydrogens is 206 g/mol. The van der Waals surface area contributed by atoms with E-state index in [1.54, 1.807) is 34.4 Å². The summed E-state index contributed by atoms with van der Waals surface area (Å²) in [5, 5.41) is 12.4. The second kappa shape index (κ2) is 4.02. The van der Waals surface area contributed by atoms with Crippen molar-refractivity contribution in [3.63, 3.8) is 0 Å². The molecule has 0 unspecified atom stereocenters. The van der Waals surface area contributed by atoms with Crippen LogP contribution in [0.4, 0.5) is 0 Å². The largest absolute Gasteiger partial charge is 0.508 e. The van der Waals surface area contributed by atoms with Gasteiger partial charge in [0.05, 0.1) is 11.0 Å². The first-order valence-corrected chi connectivity index (χ1v) is 5.18. The van der Waals surface area contributed by atoms with Gasteiger partial charge < -0.3 is 10.4 Å². The van der Waals surface area contributed by atoms with Gasteiger partial charge >= 0.3 is 5.69 Å². The number of benzene rings is 1. The molecule has 0 aliphatic rings. The van der Waals surface area contributed by atoms with Crippen molar-refractivity contribution < 1.29 is 5.11 Å². The summed E-state index contributed by atoms with van der Waals surface area (Å²) in [4.78, 5) is 11.9. The Bertz CT molecular complexity index is 568. The van der Waals surface area contributed by atoms with Gasteiger partial charge in [-0.05, 0) is 19.2 Å². The Balaban J connectivity index is 2.64. The Hall–Kier alpha value is -1.75. The van der Waals surface area contributed by atoms with Gasteiger partial charge in [0, 0.05) is 26.2 Å². The van der Waals surface area contributed by atoms with Gasteiger partial charge in [-0.3, -0.25) is 9.13 Å². The lowest BCUT2D eigenvalue weighted by atomic mass is 10.3. The van der Waals surface area contributed by atoms with Crippen LogP contribution in [0.25, 0.3) is 11.0 Å². The topological polar surface area (TPSA) is 59.2 Å². The van der Waals surface area contributed by atoms with Crippen LogP contribution in [0.15, 0.2) is 23.0 Å². The van der Waals surface area contributed by atoms with Crippen LogP contribution in [0.3, 0.4) is 0 Å². The van der Waals surface area contributed by atoms with Crippen molar-refractivity contribution in [3.8, 4) is 5.75 Å². The van der Waals surface area contributed by atoms with Crippen molar-refractivity contribution in [2.75, 3.05) is 13.6 Å². The van der Waals surface area contributed by atoms with Crippen molar-refractivity contribution in [1.29, 1.82) is 0 Å². The zero-order chi connectivity index (χ0) is 11.7. The van der Waals surface area contributed by atoms with Crippen molar-refractivity contribution in [2.24, 2.45) is 7.05 Å². The summed E-state index contributed by atoms with van der Waals surface area (Å²) in [6.45, 7) is 1.36. The Morgan fingerprint density at radius 3 is 2.81 bits per heavy atom. The molecule has 1 aromatic heterocycles. The van der Waals surface area contributed by atoms with Crippen LogP contribution >= 0.6 is 0 Å². The molecule has 0 amide bonds. The molecule has 0 aliphatic carbocycles. The molecule has 2 N–H and O–H groups in total. The van der Waals surface area contributed by atoms with Gasteiger partial charge in [0.15, 0.2) is 0 Å². The number of nitrogens with one attached hydrogen (secondary N) is 1. The Labute approximate surface area is 92.9 Å². The summed E-state index contributed by atoms with van der Waals surface area (Å²) >= 11 is 0. The summed E-state index contributed by atoms with van der Waals surface area (Å²) in [5.41, 5.74) is 1.54. The summed E-state index contributed by atoms with van der Waals surface area (Å²) < 4.78 is 3.25. The summed E-state index contributed by atoms with van der Waals surface area (Å²) in [6, 6.07) is 4.96. The third-order valence-electron chi connectivity index (χ3n) is 2.71. The lowest BCUT2D eigenvalue weighted by Gasteiger charge is -2.01. The van der Waals surface area contributed by atoms with Gasteiger partial charge in [-0.15, -0.1) is 0 Å². The molecule has 2 rings (SSSR count). The number of likely N-dealkylation sites (N-methyl/N-ethyl adjacent to an activating group) is 1. The highest BCUT2D eigenvalue weighted by Gasteiger charge is 2.10. The van der Waals surface area contributed by atoms with E-state index in [-0.39, 0.29) is 11.4 Å². The quantitative estimate of drug-likeness (QED) is 0.782. The van der Waals surface area contributed by atoms with Crippen LogP contribution < -0.4 is 11.0 Å². The number of imidazole rings is 1. The van der Waals surface area contributed by atoms with Gasteiger partial charge in [0.2, 0.25) is 0 Å². The van der Waals surface area contributed by atoms with Crippen LogP contribution in [-0.2, 0) is 13.6 Å². The number of phenolic OH excluding ortho intramolecular Hbond substituents is 1. The van der Waals surface area contributed by atoms with E-state index in [9.17, 15) is 9.90 Å². The molecule has 0 atom stereocenters. The van der Waals surface area contributed by atoms with E-state index < -0.39 is 0 Å². The number of fused-ring (bicyclic) bond motifs is 1. The minimum Gasteiger partial charge on any atom is -0.508 e. The molecule has 0 fully saturated rings. The highest BCUT2D eigenvalue weighted by molar-refractivity contribution is 5.77. The maximum atomic E-state index is 11.9. The van der Waals surface area contributed by atoms with Gasteiger partial charge in [-0.2, -0.15) is 0 Å². The molecule has 0 aliphatic heterocycles. The summed E-state index contributed by atoms with van der Waals surface area (Å²) in [7, 11) is 3.56. The molecule has 0 saturated carbocycles. The molecule has 1 heterocycles. The molecule has 2 aromatic rings. The van der Waals surface area contributed by atoms with Crippen molar-refractivity contribution in [1.82, 2.24) is 14.5 Å². The van der Waals surface area contributed by atoms with E-state index in [1.165, 1.54) is 0 Å². The van der Waals surface area contributed by atoms with E-state index >= 15 is 0 Å². The predicted molar refractivity (Wildman–Crippen MR) is 62.8 cm³/mol. The lowest BCUT2D eigenvalue weighted by molar-refractivity contribution is 0.476. The zero-order valence-electron chi connectivity index (χ0n) is 9.40. The van der Waals surface area contributed by atoms with Gasteiger partial charge in [0.25, 0.3) is 0 Å². The fraction of sp³-hybridized carbons (Fsp3) is 0.364. The van der Waals surface area contributed by atoms with E-state index in [0.29, 0.717) is 6.54 Å². The fourth-order valence-corrected chi connectivity index (χ4v) is 1.84. The van der Waals surface area contributed by atoms with Crippen molar-refractivity contribution >= 4 is 11.0 Å². The molecule has 5 heteroatoms. The minimum absolute atomic E-state index is 0.0594. The van der Waals surface area contributed by atoms with Crippen LogP contribution in [0, 0.1) is 0 Å². The second-order valence-corrected chi connectivity index (χ2v) is 3.77. The lowest BCUT2D eigenvalue weighted by Crippen LogP contribution is -2.26. The average molecular weight is 221 g/mol. The van der Waals surface area contributed by atoms with Gasteiger partial charge in [0.1, 0.15) is 5.75 Å². The molecule has 1 aromatic carbocycles. The Morgan fingerprint density at radius 2 is 2.12 bits per heavy atom. The number of phenols is 1. The standard InChI is InChI=1S/C11H15N3O2/c1-12-5-6-14-9-4-3-8(15)7-10(9)13(2)11(14)16/h3-4,7,12,15H,5-6H2,1-2H3. The smallest absolute Gasteiger partial charge is 0.328 e. The van der Waals surface area contributed by atoms with E-state index in [0.717, 1.165) is 17.6 Å². The summed E-state index contributed by atoms with van der Waals surface area (Å²) in [5.74, 6) is 0.175. The SMILES string of the molecule is CNCCn1c(=O)n(C)c2cc(O)ccc21. The van der Waals surface area contributed by atoms with Crippen LogP contribution in [0.2, 0.25) is 0 Å². The summed E-state index contributed by atoms with van der Waals surface area (Å²) in [6.07, 6.45) is 0. The molecular formula is C11H15N3O2. The van der Waals surface area contributed by atoms with Gasteiger partial charge in [-0.1, -0.05) is 0 Å². The number of hydrogen-bond donors (Lipinski definition) is 2. The normalized spacial score (nSPS) is 11.1. The highest BCUT2D eigenvalue weighted by Crippen LogP contribution is 2.18. The Morgan fingerprint density at radius 1 is 1.38 bits per heavy atom. The molecule has 0 spiro atoms. The van der Waals surface area contributed by atoms with E-state index in [1.807, 2.05) is 7.05 Å². The predicted octanol–water partition coefficient (Wildman–Crippen LogP) is 0.265. The molecule has 0 saturated heterocycles. The van der Waals surface area contributed by atoms with Crippen molar-refractivity contribution in [3.05, 3.63) is 28.7 Å². The maximum Gasteiger partial charge on any atom is 0.328 e. The second-order valence-electron chi connectivity index (χ2n) is 3.77. The van der Waals surface area contributed by atoms with Crippen molar-refractivity contribution in [2.45, 2.75) is 6.54 Å². The first-order valence-electron chi connectivity index (χ1n) is 5.18. The third-order valence-corrected chi connectivity index (χ3v) is 2.71. The molecule has 5 nitrogen and oxygen atoms in total. The van der Waals surface area contributed by atoms with Crippen LogP contribution in [0.1, 0.15) is 0 Å². The van der Waals surface area contributed by atoms with E-state index in [4.69, 9.17) is 0 Å². The molecule has 86 valence electrons. The monoisotopic (exact) mass is 221 g/mol. The minimum atomic E-state index is -0.0594. The number of aryl methyl sites for hydroxylation is 1. The van der Waals surface area contributed by atoms with E-state index in [2.05, 4.69) is 5.32 Å². The highest BCUT2D eigenvalue weighted by atomic mass is 16.3. The molecule has 0 radical (unpaired) electrons. The third kappa shape index (κ3) is 1.59. The number of aromatic nitrogens is 2. The first kappa shape index (κ1) is 10.8. The molecule has 0 bridgehead atoms. The number of nitrogens with zero attached hydrogens (tertiary/aromatic N) is 2. The number of aromatic hydroxyl groups is 1. The van der Waals surface area contributed by atoms with Crippen LogP contribution in [0.5, 0.6) is 5.75 Å². The maximum absolute atomic E-state index is 11.9. The van der Waals surface area contributed by atoms with Crippen LogP contribution in [-0.4, -0.2) is 27.8 Å². The number of hydrogen-bond acceptors (Lipinski definition) is 3.